The highest BCUT2D eigenvalue weighted by atomic mass is 35.5. The summed E-state index contributed by atoms with van der Waals surface area (Å²) in [7, 11) is 0. The lowest BCUT2D eigenvalue weighted by atomic mass is 9.49. The number of ether oxygens (including phenoxy) is 6. The first-order chi connectivity index (χ1) is 34.6. The lowest BCUT2D eigenvalue weighted by Gasteiger charge is -2.63. The lowest BCUT2D eigenvalue weighted by Crippen LogP contribution is -2.74. The summed E-state index contributed by atoms with van der Waals surface area (Å²) in [5.74, 6) is -2.22. The van der Waals surface area contributed by atoms with Crippen LogP contribution in [0.4, 0.5) is 14.5 Å². The molecule has 73 heavy (non-hydrogen) atoms. The second kappa shape index (κ2) is 25.0. The maximum Gasteiger partial charge on any atom is 0.251 e. The fourth-order valence-electron chi connectivity index (χ4n) is 10.4. The summed E-state index contributed by atoms with van der Waals surface area (Å²) in [6.45, 7) is 24.2. The van der Waals surface area contributed by atoms with Gasteiger partial charge in [-0.05, 0) is 72.0 Å². The van der Waals surface area contributed by atoms with E-state index < -0.39 is 41.0 Å². The van der Waals surface area contributed by atoms with Gasteiger partial charge in [0.2, 0.25) is 11.6 Å². The zero-order valence-corrected chi connectivity index (χ0v) is 44.5. The predicted octanol–water partition coefficient (Wildman–Crippen LogP) is 10.7. The van der Waals surface area contributed by atoms with E-state index in [1.165, 1.54) is 24.3 Å². The van der Waals surface area contributed by atoms with Gasteiger partial charge >= 0.3 is 0 Å². The van der Waals surface area contributed by atoms with Crippen LogP contribution in [-0.4, -0.2) is 102 Å². The van der Waals surface area contributed by atoms with Crippen LogP contribution in [-0.2, 0) is 29.2 Å². The molecule has 18 heteroatoms. The van der Waals surface area contributed by atoms with Gasteiger partial charge in [0.25, 0.3) is 5.91 Å². The molecule has 0 radical (unpaired) electrons. The van der Waals surface area contributed by atoms with E-state index in [-0.39, 0.29) is 81.8 Å². The number of rotatable bonds is 24. The molecule has 4 aromatic rings. The summed E-state index contributed by atoms with van der Waals surface area (Å²) in [5.41, 5.74) is -1.98. The highest BCUT2D eigenvalue weighted by Gasteiger charge is 2.64. The summed E-state index contributed by atoms with van der Waals surface area (Å²) in [4.78, 5) is 30.7. The fourth-order valence-corrected chi connectivity index (χ4v) is 11.0. The summed E-state index contributed by atoms with van der Waals surface area (Å²) < 4.78 is 66.4. The molecule has 3 N–H and O–H groups in total. The van der Waals surface area contributed by atoms with Gasteiger partial charge in [-0.3, -0.25) is 9.59 Å². The molecule has 0 unspecified atom stereocenters. The van der Waals surface area contributed by atoms with Crippen molar-refractivity contribution in [3.63, 3.8) is 0 Å². The molecule has 2 aliphatic rings. The largest absolute Gasteiger partial charge is 0.491 e. The maximum atomic E-state index is 15.9. The van der Waals surface area contributed by atoms with Gasteiger partial charge < -0.3 is 44.4 Å². The van der Waals surface area contributed by atoms with E-state index >= 15 is 8.78 Å². The summed E-state index contributed by atoms with van der Waals surface area (Å²) in [6, 6.07) is 20.7. The van der Waals surface area contributed by atoms with Crippen molar-refractivity contribution in [2.24, 2.45) is 16.2 Å². The van der Waals surface area contributed by atoms with E-state index in [0.29, 0.717) is 73.8 Å². The molecule has 1 saturated carbocycles. The molecular weight excluding hydrogens is 1000 g/mol. The number of carbonyl (C=O) groups is 2. The van der Waals surface area contributed by atoms with Crippen molar-refractivity contribution in [2.45, 2.75) is 90.4 Å². The Labute approximate surface area is 442 Å². The van der Waals surface area contributed by atoms with Crippen molar-refractivity contribution in [3.8, 4) is 17.6 Å². The molecule has 1 heterocycles. The Hall–Kier alpha value is -5.07. The predicted molar refractivity (Wildman–Crippen MR) is 277 cm³/mol. The number of carbonyl (C=O) groups excluding carboxylic acids is 2. The smallest absolute Gasteiger partial charge is 0.251 e. The van der Waals surface area contributed by atoms with Gasteiger partial charge in [0, 0.05) is 51.5 Å². The third-order valence-corrected chi connectivity index (χ3v) is 14.2. The SMILES string of the molecule is [C-]#[N+]c1ccc(OC2C(C)(C)C(NC(=O)c3ccc(OCCOCCOCCOCCOCCNC(=O)[C@@H]4N[C@@H](CC(C)(C)C)[C@](C#N)(c5ccc(Cl)cc5F)[C@H]4c4cccc(Cl)c4F)cc3)C2(C)C)cc1Cl. The molecule has 1 aliphatic heterocycles. The molecule has 13 nitrogen and oxygen atoms in total. The third kappa shape index (κ3) is 13.6. The van der Waals surface area contributed by atoms with Gasteiger partial charge in [0.15, 0.2) is 0 Å². The van der Waals surface area contributed by atoms with Gasteiger partial charge in [0.1, 0.15) is 41.3 Å². The fraction of sp³-hybridized carbons (Fsp3) is 0.491. The van der Waals surface area contributed by atoms with Crippen molar-refractivity contribution < 1.29 is 46.8 Å². The Kier molecular flexibility index (Phi) is 19.6. The summed E-state index contributed by atoms with van der Waals surface area (Å²) in [6.07, 6.45) is 0.142. The van der Waals surface area contributed by atoms with E-state index in [1.807, 2.05) is 20.8 Å². The molecule has 4 aromatic carbocycles. The van der Waals surface area contributed by atoms with Crippen LogP contribution in [0, 0.1) is 45.8 Å². The van der Waals surface area contributed by atoms with Crippen LogP contribution >= 0.6 is 34.8 Å². The average molecular weight is 1070 g/mol. The lowest BCUT2D eigenvalue weighted by molar-refractivity contribution is -0.164. The van der Waals surface area contributed by atoms with Crippen LogP contribution in [0.25, 0.3) is 4.85 Å². The van der Waals surface area contributed by atoms with Gasteiger partial charge in [-0.1, -0.05) is 108 Å². The Morgan fingerprint density at radius 2 is 1.40 bits per heavy atom. The molecule has 2 fully saturated rings. The van der Waals surface area contributed by atoms with E-state index in [0.717, 1.165) is 6.07 Å². The van der Waals surface area contributed by atoms with Crippen molar-refractivity contribution in [2.75, 3.05) is 66.0 Å². The highest BCUT2D eigenvalue weighted by molar-refractivity contribution is 6.33. The number of hydrogen-bond donors (Lipinski definition) is 3. The van der Waals surface area contributed by atoms with E-state index in [2.05, 4.69) is 54.6 Å². The summed E-state index contributed by atoms with van der Waals surface area (Å²) >= 11 is 18.6. The van der Waals surface area contributed by atoms with Crippen LogP contribution in [0.3, 0.4) is 0 Å². The van der Waals surface area contributed by atoms with Crippen molar-refractivity contribution >= 4 is 52.3 Å². The van der Waals surface area contributed by atoms with Gasteiger partial charge in [0.05, 0.1) is 81.6 Å². The summed E-state index contributed by atoms with van der Waals surface area (Å²) in [5, 5.41) is 20.7. The molecule has 1 saturated heterocycles. The monoisotopic (exact) mass is 1070 g/mol. The maximum absolute atomic E-state index is 15.9. The molecule has 2 amide bonds. The quantitative estimate of drug-likeness (QED) is 0.0456. The first-order valence-electron chi connectivity index (χ1n) is 24.2. The number of nitriles is 1. The number of halogens is 5. The molecular formula is C55H64Cl3F2N5O8. The minimum atomic E-state index is -1.72. The number of hydrogen-bond acceptors (Lipinski definition) is 10. The van der Waals surface area contributed by atoms with Gasteiger partial charge in [-0.2, -0.15) is 5.26 Å². The Bertz CT molecular complexity index is 2620. The minimum Gasteiger partial charge on any atom is -0.491 e. The number of nitrogens with zero attached hydrogens (tertiary/aromatic N) is 2. The molecule has 1 aliphatic carbocycles. The zero-order chi connectivity index (χ0) is 53.1. The third-order valence-electron chi connectivity index (χ3n) is 13.4. The normalized spacial score (nSPS) is 21.9. The standard InChI is InChI=1S/C55H64Cl3F2N5O8/c1-52(2,3)32-44-55(33-61,39-18-14-35(56)30-42(39)59)45(38-10-9-11-40(57)46(38)60)47(64-44)49(67)63-20-21-68-22-23-69-24-25-70-26-27-71-28-29-72-36-15-12-34(13-16-36)48(66)65-50-53(4,5)51(54(50,6)7)73-37-17-19-43(62-8)41(58)31-37/h9-19,30-31,44-45,47,50-51,64H,20-29,32H2,1-7H3,(H,63,67)(H,65,66)/t44-,45-,47+,50?,51?,55-/m0/s1. The molecule has 0 aromatic heterocycles. The Morgan fingerprint density at radius 1 is 0.795 bits per heavy atom. The minimum absolute atomic E-state index is 0.00497. The van der Waals surface area contributed by atoms with Gasteiger partial charge in [-0.15, -0.1) is 0 Å². The Morgan fingerprint density at radius 3 is 1.97 bits per heavy atom. The van der Waals surface area contributed by atoms with Crippen molar-refractivity contribution in [1.82, 2.24) is 16.0 Å². The number of amides is 2. The molecule has 0 bridgehead atoms. The van der Waals surface area contributed by atoms with Crippen LogP contribution in [0.15, 0.2) is 78.9 Å². The van der Waals surface area contributed by atoms with Crippen LogP contribution in [0.1, 0.15) is 82.3 Å². The first-order valence-corrected chi connectivity index (χ1v) is 25.3. The van der Waals surface area contributed by atoms with Crippen LogP contribution in [0.2, 0.25) is 15.1 Å². The molecule has 6 rings (SSSR count). The van der Waals surface area contributed by atoms with Crippen LogP contribution in [0.5, 0.6) is 11.5 Å². The van der Waals surface area contributed by atoms with E-state index in [4.69, 9.17) is 69.8 Å². The zero-order valence-electron chi connectivity index (χ0n) is 42.2. The van der Waals surface area contributed by atoms with E-state index in [9.17, 15) is 14.9 Å². The molecule has 392 valence electrons. The highest BCUT2D eigenvalue weighted by Crippen LogP contribution is 2.56. The second-order valence-electron chi connectivity index (χ2n) is 20.6. The first kappa shape index (κ1) is 57.2. The topological polar surface area (TPSA) is 154 Å². The number of benzene rings is 4. The van der Waals surface area contributed by atoms with Gasteiger partial charge in [-0.25, -0.2) is 13.6 Å². The number of nitrogens with one attached hydrogen (secondary N) is 3. The molecule has 0 spiro atoms. The van der Waals surface area contributed by atoms with Crippen molar-refractivity contribution in [1.29, 1.82) is 5.26 Å². The average Bonchev–Trinajstić information content (AvgIpc) is 3.65. The molecule has 4 atom stereocenters. The van der Waals surface area contributed by atoms with E-state index in [1.54, 1.807) is 48.5 Å². The Balaban J connectivity index is 0.840. The second-order valence-corrected chi connectivity index (χ2v) is 21.8. The van der Waals surface area contributed by atoms with Crippen molar-refractivity contribution in [3.05, 3.63) is 134 Å². The van der Waals surface area contributed by atoms with Crippen LogP contribution < -0.4 is 25.4 Å².